The number of methoxy groups -OCH3 is 1. The van der Waals surface area contributed by atoms with Gasteiger partial charge in [-0.05, 0) is 25.3 Å². The molecule has 1 aromatic heterocycles. The number of rotatable bonds is 4. The Morgan fingerprint density at radius 2 is 2.38 bits per heavy atom. The first-order chi connectivity index (χ1) is 7.68. The van der Waals surface area contributed by atoms with E-state index in [9.17, 15) is 4.79 Å². The van der Waals surface area contributed by atoms with Crippen LogP contribution in [0.3, 0.4) is 0 Å². The number of anilines is 1. The van der Waals surface area contributed by atoms with Crippen molar-refractivity contribution < 1.29 is 9.53 Å². The van der Waals surface area contributed by atoms with E-state index in [-0.39, 0.29) is 5.78 Å². The van der Waals surface area contributed by atoms with Gasteiger partial charge in [0, 0.05) is 25.3 Å². The zero-order valence-corrected chi connectivity index (χ0v) is 9.40. The number of hydrogen-bond acceptors (Lipinski definition) is 4. The van der Waals surface area contributed by atoms with E-state index in [4.69, 9.17) is 10.5 Å². The number of hydrogen-bond donors (Lipinski definition) is 1. The van der Waals surface area contributed by atoms with Crippen LogP contribution in [0.25, 0.3) is 0 Å². The maximum Gasteiger partial charge on any atom is 0.169 e. The van der Waals surface area contributed by atoms with Crippen LogP contribution >= 0.6 is 0 Å². The van der Waals surface area contributed by atoms with Gasteiger partial charge >= 0.3 is 0 Å². The summed E-state index contributed by atoms with van der Waals surface area (Å²) in [6.45, 7) is 0. The van der Waals surface area contributed by atoms with Crippen molar-refractivity contribution in [3.05, 3.63) is 23.9 Å². The second-order valence-electron chi connectivity index (χ2n) is 4.20. The Labute approximate surface area is 94.8 Å². The first-order valence-electron chi connectivity index (χ1n) is 5.46. The van der Waals surface area contributed by atoms with Crippen molar-refractivity contribution in [1.82, 2.24) is 4.98 Å². The molecule has 16 heavy (non-hydrogen) atoms. The van der Waals surface area contributed by atoms with E-state index in [0.717, 1.165) is 24.8 Å². The number of aromatic nitrogens is 1. The SMILES string of the molecule is COC1(C(=O)Cc2cccnc2N)CCC1. The molecule has 86 valence electrons. The molecule has 0 bridgehead atoms. The van der Waals surface area contributed by atoms with Crippen molar-refractivity contribution in [2.75, 3.05) is 12.8 Å². The van der Waals surface area contributed by atoms with E-state index in [0.29, 0.717) is 12.2 Å². The van der Waals surface area contributed by atoms with E-state index < -0.39 is 5.60 Å². The summed E-state index contributed by atoms with van der Waals surface area (Å²) in [5, 5.41) is 0. The number of ketones is 1. The van der Waals surface area contributed by atoms with Gasteiger partial charge in [0.1, 0.15) is 11.4 Å². The van der Waals surface area contributed by atoms with Crippen LogP contribution in [0, 0.1) is 0 Å². The number of nitrogens with zero attached hydrogens (tertiary/aromatic N) is 1. The molecule has 0 radical (unpaired) electrons. The number of carbonyl (C=O) groups is 1. The van der Waals surface area contributed by atoms with Crippen LogP contribution in [0.15, 0.2) is 18.3 Å². The van der Waals surface area contributed by atoms with E-state index in [2.05, 4.69) is 4.98 Å². The Balaban J connectivity index is 2.10. The van der Waals surface area contributed by atoms with Crippen molar-refractivity contribution in [1.29, 1.82) is 0 Å². The number of pyridine rings is 1. The Morgan fingerprint density at radius 1 is 1.62 bits per heavy atom. The largest absolute Gasteiger partial charge is 0.383 e. The molecular weight excluding hydrogens is 204 g/mol. The molecule has 0 atom stereocenters. The van der Waals surface area contributed by atoms with E-state index in [1.807, 2.05) is 6.07 Å². The Morgan fingerprint density at radius 3 is 2.88 bits per heavy atom. The monoisotopic (exact) mass is 220 g/mol. The zero-order chi connectivity index (χ0) is 11.6. The number of ether oxygens (including phenoxy) is 1. The van der Waals surface area contributed by atoms with E-state index >= 15 is 0 Å². The van der Waals surface area contributed by atoms with Gasteiger partial charge in [0.05, 0.1) is 0 Å². The molecule has 1 aromatic rings. The summed E-state index contributed by atoms with van der Waals surface area (Å²) >= 11 is 0. The molecule has 1 aliphatic rings. The number of carbonyl (C=O) groups excluding carboxylic acids is 1. The number of nitrogen functional groups attached to an aromatic ring is 1. The van der Waals surface area contributed by atoms with Crippen LogP contribution in [0.2, 0.25) is 0 Å². The topological polar surface area (TPSA) is 65.2 Å². The maximum atomic E-state index is 12.1. The first-order valence-corrected chi connectivity index (χ1v) is 5.46. The van der Waals surface area contributed by atoms with Crippen molar-refractivity contribution in [2.45, 2.75) is 31.3 Å². The highest BCUT2D eigenvalue weighted by atomic mass is 16.5. The molecule has 0 spiro atoms. The highest BCUT2D eigenvalue weighted by molar-refractivity contribution is 5.90. The van der Waals surface area contributed by atoms with Gasteiger partial charge in [-0.25, -0.2) is 4.98 Å². The van der Waals surface area contributed by atoms with Gasteiger partial charge in [-0.2, -0.15) is 0 Å². The number of Topliss-reactive ketones (excluding diaryl/α,β-unsaturated/α-hetero) is 1. The molecule has 0 aromatic carbocycles. The summed E-state index contributed by atoms with van der Waals surface area (Å²) in [5.41, 5.74) is 5.94. The van der Waals surface area contributed by atoms with Gasteiger partial charge in [0.2, 0.25) is 0 Å². The summed E-state index contributed by atoms with van der Waals surface area (Å²) in [5.74, 6) is 0.544. The molecule has 0 unspecified atom stereocenters. The van der Waals surface area contributed by atoms with Crippen molar-refractivity contribution in [2.24, 2.45) is 0 Å². The highest BCUT2D eigenvalue weighted by Gasteiger charge is 2.43. The van der Waals surface area contributed by atoms with Crippen molar-refractivity contribution >= 4 is 11.6 Å². The molecule has 1 aliphatic carbocycles. The normalized spacial score (nSPS) is 17.8. The van der Waals surface area contributed by atoms with Gasteiger partial charge in [-0.1, -0.05) is 6.07 Å². The summed E-state index contributed by atoms with van der Waals surface area (Å²) < 4.78 is 5.34. The van der Waals surface area contributed by atoms with Gasteiger partial charge in [0.15, 0.2) is 5.78 Å². The molecule has 1 saturated carbocycles. The fraction of sp³-hybridized carbons (Fsp3) is 0.500. The van der Waals surface area contributed by atoms with Crippen LogP contribution in [-0.2, 0) is 16.0 Å². The Bertz CT molecular complexity index is 394. The third kappa shape index (κ3) is 1.80. The molecule has 2 rings (SSSR count). The van der Waals surface area contributed by atoms with Gasteiger partial charge in [-0.15, -0.1) is 0 Å². The van der Waals surface area contributed by atoms with Crippen LogP contribution in [0.5, 0.6) is 0 Å². The lowest BCUT2D eigenvalue weighted by molar-refractivity contribution is -0.151. The molecule has 1 fully saturated rings. The molecule has 1 heterocycles. The quantitative estimate of drug-likeness (QED) is 0.831. The van der Waals surface area contributed by atoms with Crippen LogP contribution in [0.1, 0.15) is 24.8 Å². The molecular formula is C12H16N2O2. The minimum Gasteiger partial charge on any atom is -0.383 e. The molecule has 2 N–H and O–H groups in total. The minimum absolute atomic E-state index is 0.112. The fourth-order valence-corrected chi connectivity index (χ4v) is 2.03. The van der Waals surface area contributed by atoms with Crippen molar-refractivity contribution in [3.8, 4) is 0 Å². The second-order valence-corrected chi connectivity index (χ2v) is 4.20. The fourth-order valence-electron chi connectivity index (χ4n) is 2.03. The minimum atomic E-state index is -0.553. The summed E-state index contributed by atoms with van der Waals surface area (Å²) in [6.07, 6.45) is 4.64. The molecule has 0 amide bonds. The molecule has 4 heteroatoms. The predicted molar refractivity (Wildman–Crippen MR) is 61.0 cm³/mol. The molecule has 0 saturated heterocycles. The van der Waals surface area contributed by atoms with E-state index in [1.165, 1.54) is 0 Å². The maximum absolute atomic E-state index is 12.1. The summed E-state index contributed by atoms with van der Waals surface area (Å²) in [7, 11) is 1.60. The lowest BCUT2D eigenvalue weighted by atomic mass is 9.75. The van der Waals surface area contributed by atoms with Crippen LogP contribution in [-0.4, -0.2) is 23.5 Å². The summed E-state index contributed by atoms with van der Waals surface area (Å²) in [4.78, 5) is 16.1. The Hall–Kier alpha value is -1.42. The first kappa shape index (κ1) is 11.1. The van der Waals surface area contributed by atoms with Crippen LogP contribution < -0.4 is 5.73 Å². The zero-order valence-electron chi connectivity index (χ0n) is 9.40. The summed E-state index contributed by atoms with van der Waals surface area (Å²) in [6, 6.07) is 3.63. The predicted octanol–water partition coefficient (Wildman–Crippen LogP) is 1.34. The lowest BCUT2D eigenvalue weighted by Gasteiger charge is -2.38. The average Bonchev–Trinajstić information content (AvgIpc) is 2.21. The van der Waals surface area contributed by atoms with E-state index in [1.54, 1.807) is 19.4 Å². The molecule has 4 nitrogen and oxygen atoms in total. The highest BCUT2D eigenvalue weighted by Crippen LogP contribution is 2.36. The second kappa shape index (κ2) is 4.22. The van der Waals surface area contributed by atoms with Crippen LogP contribution in [0.4, 0.5) is 5.82 Å². The number of nitrogens with two attached hydrogens (primary N) is 1. The van der Waals surface area contributed by atoms with Gasteiger partial charge in [-0.3, -0.25) is 4.79 Å². The van der Waals surface area contributed by atoms with Crippen molar-refractivity contribution in [3.63, 3.8) is 0 Å². The van der Waals surface area contributed by atoms with Gasteiger partial charge in [0.25, 0.3) is 0 Å². The molecule has 0 aliphatic heterocycles. The third-order valence-electron chi connectivity index (χ3n) is 3.34. The lowest BCUT2D eigenvalue weighted by Crippen LogP contribution is -2.47. The Kier molecular flexibility index (Phi) is 2.92. The standard InChI is InChI=1S/C12H16N2O2/c1-16-12(5-3-6-12)10(15)8-9-4-2-7-14-11(9)13/h2,4,7H,3,5-6,8H2,1H3,(H2,13,14). The average molecular weight is 220 g/mol. The van der Waals surface area contributed by atoms with Gasteiger partial charge < -0.3 is 10.5 Å². The smallest absolute Gasteiger partial charge is 0.169 e. The third-order valence-corrected chi connectivity index (χ3v) is 3.34.